The van der Waals surface area contributed by atoms with Crippen molar-refractivity contribution >= 4 is 16.5 Å². The van der Waals surface area contributed by atoms with E-state index < -0.39 is 12.8 Å². The van der Waals surface area contributed by atoms with Crippen LogP contribution in [0.25, 0.3) is 0 Å². The Bertz CT molecular complexity index is 378. The molecule has 2 heterocycles. The molecular formula is C12H18F3N3OS. The van der Waals surface area contributed by atoms with Crippen LogP contribution in [0.5, 0.6) is 0 Å². The van der Waals surface area contributed by atoms with E-state index >= 15 is 0 Å². The van der Waals surface area contributed by atoms with E-state index in [1.807, 2.05) is 5.38 Å². The van der Waals surface area contributed by atoms with Crippen LogP contribution in [0, 0.1) is 0 Å². The molecule has 0 aromatic carbocycles. The molecule has 0 bridgehead atoms. The molecule has 1 aliphatic rings. The highest BCUT2D eigenvalue weighted by Gasteiger charge is 2.27. The molecule has 1 aromatic heterocycles. The first-order valence-electron chi connectivity index (χ1n) is 6.56. The zero-order chi connectivity index (χ0) is 14.4. The maximum atomic E-state index is 11.9. The highest BCUT2D eigenvalue weighted by molar-refractivity contribution is 7.13. The number of thiazole rings is 1. The lowest BCUT2D eigenvalue weighted by Crippen LogP contribution is -2.46. The highest BCUT2D eigenvalue weighted by Crippen LogP contribution is 2.19. The van der Waals surface area contributed by atoms with Gasteiger partial charge in [-0.15, -0.1) is 11.3 Å². The summed E-state index contributed by atoms with van der Waals surface area (Å²) in [7, 11) is 0. The summed E-state index contributed by atoms with van der Waals surface area (Å²) in [6, 6.07) is 0. The van der Waals surface area contributed by atoms with Gasteiger partial charge in [0.1, 0.15) is 6.61 Å². The maximum absolute atomic E-state index is 11.9. The fourth-order valence-corrected chi connectivity index (χ4v) is 2.81. The molecule has 4 nitrogen and oxygen atoms in total. The SMILES string of the molecule is FC(F)(F)COCCCN1CCN(c2nccs2)CC1. The third-order valence-corrected chi connectivity index (χ3v) is 3.92. The van der Waals surface area contributed by atoms with Crippen LogP contribution in [-0.4, -0.2) is 62.0 Å². The van der Waals surface area contributed by atoms with Crippen LogP contribution in [0.3, 0.4) is 0 Å². The normalized spacial score (nSPS) is 17.6. The molecule has 1 aromatic rings. The van der Waals surface area contributed by atoms with E-state index in [-0.39, 0.29) is 6.61 Å². The van der Waals surface area contributed by atoms with Gasteiger partial charge in [-0.25, -0.2) is 4.98 Å². The van der Waals surface area contributed by atoms with E-state index in [1.165, 1.54) is 0 Å². The third kappa shape index (κ3) is 5.26. The van der Waals surface area contributed by atoms with Crippen LogP contribution < -0.4 is 4.90 Å². The summed E-state index contributed by atoms with van der Waals surface area (Å²) in [6.07, 6.45) is -1.79. The lowest BCUT2D eigenvalue weighted by molar-refractivity contribution is -0.174. The molecule has 114 valence electrons. The Morgan fingerprint density at radius 1 is 1.25 bits per heavy atom. The standard InChI is InChI=1S/C12H18F3N3OS/c13-12(14,15)10-19-8-1-3-17-4-6-18(7-5-17)11-16-2-9-20-11/h2,9H,1,3-8,10H2. The van der Waals surface area contributed by atoms with Gasteiger partial charge in [0.05, 0.1) is 0 Å². The van der Waals surface area contributed by atoms with Crippen molar-refractivity contribution < 1.29 is 17.9 Å². The number of anilines is 1. The van der Waals surface area contributed by atoms with E-state index in [1.54, 1.807) is 17.5 Å². The van der Waals surface area contributed by atoms with Gasteiger partial charge >= 0.3 is 6.18 Å². The summed E-state index contributed by atoms with van der Waals surface area (Å²) in [5, 5.41) is 3.00. The highest BCUT2D eigenvalue weighted by atomic mass is 32.1. The van der Waals surface area contributed by atoms with Gasteiger partial charge in [-0.1, -0.05) is 0 Å². The van der Waals surface area contributed by atoms with Gasteiger partial charge < -0.3 is 9.64 Å². The van der Waals surface area contributed by atoms with E-state index in [0.717, 1.165) is 37.9 Å². The monoisotopic (exact) mass is 309 g/mol. The van der Waals surface area contributed by atoms with Gasteiger partial charge in [0.15, 0.2) is 5.13 Å². The zero-order valence-electron chi connectivity index (χ0n) is 11.1. The fraction of sp³-hybridized carbons (Fsp3) is 0.750. The summed E-state index contributed by atoms with van der Waals surface area (Å²) >= 11 is 1.63. The molecule has 0 amide bonds. The second-order valence-corrected chi connectivity index (χ2v) is 5.54. The van der Waals surface area contributed by atoms with Crippen molar-refractivity contribution in [3.05, 3.63) is 11.6 Å². The number of aromatic nitrogens is 1. The summed E-state index contributed by atoms with van der Waals surface area (Å²) < 4.78 is 40.2. The number of piperazine rings is 1. The Labute approximate surface area is 120 Å². The molecule has 1 aliphatic heterocycles. The van der Waals surface area contributed by atoms with Crippen molar-refractivity contribution in [3.8, 4) is 0 Å². The van der Waals surface area contributed by atoms with Crippen molar-refractivity contribution in [2.24, 2.45) is 0 Å². The second kappa shape index (κ2) is 7.24. The topological polar surface area (TPSA) is 28.6 Å². The third-order valence-electron chi connectivity index (χ3n) is 3.09. The van der Waals surface area contributed by atoms with Crippen LogP contribution in [-0.2, 0) is 4.74 Å². The summed E-state index contributed by atoms with van der Waals surface area (Å²) in [5.74, 6) is 0. The van der Waals surface area contributed by atoms with E-state index in [0.29, 0.717) is 6.42 Å². The summed E-state index contributed by atoms with van der Waals surface area (Å²) in [6.45, 7) is 3.45. The van der Waals surface area contributed by atoms with Gasteiger partial charge in [-0.05, 0) is 6.42 Å². The lowest BCUT2D eigenvalue weighted by atomic mass is 10.3. The minimum atomic E-state index is -4.22. The Morgan fingerprint density at radius 3 is 2.60 bits per heavy atom. The van der Waals surface area contributed by atoms with E-state index in [9.17, 15) is 13.2 Å². The van der Waals surface area contributed by atoms with Crippen LogP contribution in [0.1, 0.15) is 6.42 Å². The quantitative estimate of drug-likeness (QED) is 0.754. The molecule has 20 heavy (non-hydrogen) atoms. The average molecular weight is 309 g/mol. The number of hydrogen-bond acceptors (Lipinski definition) is 5. The molecular weight excluding hydrogens is 291 g/mol. The molecule has 0 spiro atoms. The number of ether oxygens (including phenoxy) is 1. The molecule has 0 saturated carbocycles. The molecule has 1 fully saturated rings. The smallest absolute Gasteiger partial charge is 0.372 e. The molecule has 0 atom stereocenters. The lowest BCUT2D eigenvalue weighted by Gasteiger charge is -2.34. The molecule has 0 N–H and O–H groups in total. The molecule has 2 rings (SSSR count). The van der Waals surface area contributed by atoms with Gasteiger partial charge in [-0.3, -0.25) is 4.90 Å². The van der Waals surface area contributed by atoms with Gasteiger partial charge in [0, 0.05) is 50.9 Å². The fourth-order valence-electron chi connectivity index (χ4n) is 2.11. The Balaban J connectivity index is 1.56. The first kappa shape index (κ1) is 15.5. The Morgan fingerprint density at radius 2 is 2.00 bits per heavy atom. The summed E-state index contributed by atoms with van der Waals surface area (Å²) in [5.41, 5.74) is 0. The van der Waals surface area contributed by atoms with Crippen molar-refractivity contribution in [2.45, 2.75) is 12.6 Å². The molecule has 1 saturated heterocycles. The largest absolute Gasteiger partial charge is 0.411 e. The minimum absolute atomic E-state index is 0.159. The predicted octanol–water partition coefficient (Wildman–Crippen LogP) is 2.23. The van der Waals surface area contributed by atoms with Gasteiger partial charge in [-0.2, -0.15) is 13.2 Å². The van der Waals surface area contributed by atoms with E-state index in [4.69, 9.17) is 0 Å². The average Bonchev–Trinajstić information content (AvgIpc) is 2.92. The van der Waals surface area contributed by atoms with Crippen molar-refractivity contribution in [2.75, 3.05) is 50.8 Å². The van der Waals surface area contributed by atoms with Crippen molar-refractivity contribution in [3.63, 3.8) is 0 Å². The number of halogens is 3. The number of alkyl halides is 3. The minimum Gasteiger partial charge on any atom is -0.372 e. The summed E-state index contributed by atoms with van der Waals surface area (Å²) in [4.78, 5) is 8.76. The van der Waals surface area contributed by atoms with Crippen molar-refractivity contribution in [1.29, 1.82) is 0 Å². The Hall–Kier alpha value is -0.860. The number of nitrogens with zero attached hydrogens (tertiary/aromatic N) is 3. The van der Waals surface area contributed by atoms with Crippen LogP contribution in [0.2, 0.25) is 0 Å². The first-order valence-corrected chi connectivity index (χ1v) is 7.44. The predicted molar refractivity (Wildman–Crippen MR) is 72.3 cm³/mol. The first-order chi connectivity index (χ1) is 9.54. The molecule has 0 unspecified atom stereocenters. The Kier molecular flexibility index (Phi) is 5.62. The molecule has 0 radical (unpaired) electrons. The van der Waals surface area contributed by atoms with E-state index in [2.05, 4.69) is 19.5 Å². The molecule has 0 aliphatic carbocycles. The van der Waals surface area contributed by atoms with Gasteiger partial charge in [0.25, 0.3) is 0 Å². The number of hydrogen-bond donors (Lipinski definition) is 0. The molecule has 8 heteroatoms. The number of rotatable bonds is 6. The van der Waals surface area contributed by atoms with Crippen LogP contribution in [0.4, 0.5) is 18.3 Å². The second-order valence-electron chi connectivity index (χ2n) is 4.66. The van der Waals surface area contributed by atoms with Crippen LogP contribution >= 0.6 is 11.3 Å². The zero-order valence-corrected chi connectivity index (χ0v) is 11.9. The van der Waals surface area contributed by atoms with Crippen LogP contribution in [0.15, 0.2) is 11.6 Å². The maximum Gasteiger partial charge on any atom is 0.411 e. The van der Waals surface area contributed by atoms with Gasteiger partial charge in [0.2, 0.25) is 0 Å². The van der Waals surface area contributed by atoms with Crippen molar-refractivity contribution in [1.82, 2.24) is 9.88 Å².